The third-order valence-electron chi connectivity index (χ3n) is 5.23. The lowest BCUT2D eigenvalue weighted by molar-refractivity contribution is -0.134. The van der Waals surface area contributed by atoms with Crippen LogP contribution >= 0.6 is 0 Å². The largest absolute Gasteiger partial charge is 0.494 e. The average Bonchev–Trinajstić information content (AvgIpc) is 2.89. The molecule has 0 fully saturated rings. The second-order valence-corrected chi connectivity index (χ2v) is 10.5. The third-order valence-corrected chi connectivity index (χ3v) is 6.54. The fourth-order valence-electron chi connectivity index (χ4n) is 3.24. The second kappa shape index (κ2) is 22.2. The molecule has 0 aliphatic rings. The molecule has 7 N–H and O–H groups in total. The summed E-state index contributed by atoms with van der Waals surface area (Å²) in [4.78, 5) is 23.3. The molecule has 0 bridgehead atoms. The molecule has 0 aliphatic heterocycles. The van der Waals surface area contributed by atoms with Gasteiger partial charge in [0.1, 0.15) is 5.75 Å². The number of carbonyl (C=O) groups is 2. The van der Waals surface area contributed by atoms with Gasteiger partial charge in [0.15, 0.2) is 5.96 Å². The molecule has 13 heteroatoms. The van der Waals surface area contributed by atoms with E-state index in [-0.39, 0.29) is 16.8 Å². The van der Waals surface area contributed by atoms with Crippen LogP contribution < -0.4 is 21.5 Å². The van der Waals surface area contributed by atoms with Crippen LogP contribution in [0.5, 0.6) is 5.75 Å². The van der Waals surface area contributed by atoms with E-state index in [9.17, 15) is 18.0 Å². The van der Waals surface area contributed by atoms with Gasteiger partial charge in [0.2, 0.25) is 5.96 Å². The number of unbranched alkanes of at least 4 members (excludes halogenated alkanes) is 9. The molecular formula is C27H45N5O7S. The van der Waals surface area contributed by atoms with Crippen molar-refractivity contribution in [2.45, 2.75) is 89.4 Å². The SMILES string of the molecule is CCCCCCCCCCCCN=C(N)N/C(N)=N/S(=O)(=O)c1ccc(OCCC)cc1.O=C(O)/C=C\C(=O)O. The van der Waals surface area contributed by atoms with Crippen LogP contribution in [0.4, 0.5) is 0 Å². The summed E-state index contributed by atoms with van der Waals surface area (Å²) in [6.07, 6.45) is 14.4. The number of aliphatic imine (C=N–C) groups is 1. The van der Waals surface area contributed by atoms with E-state index in [0.717, 1.165) is 19.3 Å². The van der Waals surface area contributed by atoms with Crippen LogP contribution in [0.2, 0.25) is 0 Å². The number of rotatable bonds is 18. The van der Waals surface area contributed by atoms with E-state index in [1.165, 1.54) is 63.5 Å². The first-order chi connectivity index (χ1) is 19.0. The van der Waals surface area contributed by atoms with Crippen molar-refractivity contribution >= 4 is 33.9 Å². The van der Waals surface area contributed by atoms with Gasteiger partial charge in [-0.25, -0.2) is 9.59 Å². The molecular weight excluding hydrogens is 538 g/mol. The third kappa shape index (κ3) is 20.4. The summed E-state index contributed by atoms with van der Waals surface area (Å²) in [5, 5.41) is 18.2. The molecule has 1 aromatic carbocycles. The molecule has 0 unspecified atom stereocenters. The summed E-state index contributed by atoms with van der Waals surface area (Å²) in [5.41, 5.74) is 11.5. The molecule has 12 nitrogen and oxygen atoms in total. The van der Waals surface area contributed by atoms with E-state index >= 15 is 0 Å². The molecule has 1 aromatic rings. The number of benzene rings is 1. The first-order valence-corrected chi connectivity index (χ1v) is 15.0. The monoisotopic (exact) mass is 583 g/mol. The molecule has 226 valence electrons. The number of hydrogen-bond donors (Lipinski definition) is 5. The lowest BCUT2D eigenvalue weighted by atomic mass is 10.1. The molecule has 40 heavy (non-hydrogen) atoms. The number of guanidine groups is 2. The molecule has 0 spiro atoms. The summed E-state index contributed by atoms with van der Waals surface area (Å²) in [5.74, 6) is -2.18. The summed E-state index contributed by atoms with van der Waals surface area (Å²) in [6.45, 7) is 5.36. The number of nitrogens with zero attached hydrogens (tertiary/aromatic N) is 2. The van der Waals surface area contributed by atoms with Crippen LogP contribution in [-0.4, -0.2) is 55.6 Å². The lowest BCUT2D eigenvalue weighted by Crippen LogP contribution is -2.42. The Balaban J connectivity index is 0.00000165. The summed E-state index contributed by atoms with van der Waals surface area (Å²) in [6, 6.07) is 6.04. The van der Waals surface area contributed by atoms with E-state index < -0.39 is 22.0 Å². The maximum atomic E-state index is 12.4. The predicted molar refractivity (Wildman–Crippen MR) is 157 cm³/mol. The standard InChI is InChI=1S/C23H41N5O3S.C4H4O4/c1-3-5-6-7-8-9-10-11-12-13-18-26-22(24)27-23(25)28-32(29,30)21-16-14-20(15-17-21)31-19-4-2;5-3(6)1-2-4(7)8/h14-17H,3-13,18-19H2,1-2H3,(H5,24,25,26,27,28);1-2H,(H,5,6)(H,7,8)/b;2-1-. The van der Waals surface area contributed by atoms with E-state index in [1.807, 2.05) is 6.92 Å². The lowest BCUT2D eigenvalue weighted by Gasteiger charge is -2.07. The predicted octanol–water partition coefficient (Wildman–Crippen LogP) is 4.02. The Kier molecular flexibility index (Phi) is 20.2. The molecule has 1 rings (SSSR count). The summed E-state index contributed by atoms with van der Waals surface area (Å²) < 4.78 is 33.8. The van der Waals surface area contributed by atoms with Gasteiger partial charge in [-0.1, -0.05) is 71.6 Å². The van der Waals surface area contributed by atoms with Crippen LogP contribution in [0.15, 0.2) is 50.7 Å². The number of aliphatic carboxylic acids is 2. The molecule has 0 atom stereocenters. The molecule has 0 aliphatic carbocycles. The maximum absolute atomic E-state index is 12.4. The van der Waals surface area contributed by atoms with Crippen LogP contribution in [-0.2, 0) is 19.6 Å². The Labute approximate surface area is 237 Å². The van der Waals surface area contributed by atoms with Crippen molar-refractivity contribution in [3.05, 3.63) is 36.4 Å². The van der Waals surface area contributed by atoms with E-state index in [2.05, 4.69) is 21.6 Å². The zero-order valence-electron chi connectivity index (χ0n) is 23.5. The van der Waals surface area contributed by atoms with E-state index in [1.54, 1.807) is 12.1 Å². The van der Waals surface area contributed by atoms with E-state index in [0.29, 0.717) is 31.1 Å². The zero-order valence-corrected chi connectivity index (χ0v) is 24.4. The first-order valence-electron chi connectivity index (χ1n) is 13.6. The van der Waals surface area contributed by atoms with Crippen molar-refractivity contribution < 1.29 is 33.0 Å². The van der Waals surface area contributed by atoms with Crippen molar-refractivity contribution in [2.24, 2.45) is 20.9 Å². The van der Waals surface area contributed by atoms with Gasteiger partial charge in [-0.05, 0) is 37.1 Å². The molecule has 0 heterocycles. The molecule has 0 radical (unpaired) electrons. The topological polar surface area (TPSA) is 207 Å². The van der Waals surface area contributed by atoms with Gasteiger partial charge >= 0.3 is 11.9 Å². The molecule has 0 aromatic heterocycles. The highest BCUT2D eigenvalue weighted by atomic mass is 32.2. The van der Waals surface area contributed by atoms with Gasteiger partial charge in [0.25, 0.3) is 10.0 Å². The van der Waals surface area contributed by atoms with Gasteiger partial charge in [-0.3, -0.25) is 10.3 Å². The Bertz CT molecular complexity index is 1040. The number of nitrogens with two attached hydrogens (primary N) is 2. The van der Waals surface area contributed by atoms with Crippen LogP contribution in [0.1, 0.15) is 84.5 Å². The molecule has 0 amide bonds. The number of nitrogens with one attached hydrogen (secondary N) is 1. The number of hydrogen-bond acceptors (Lipinski definition) is 6. The van der Waals surface area contributed by atoms with Crippen LogP contribution in [0.25, 0.3) is 0 Å². The van der Waals surface area contributed by atoms with Crippen molar-refractivity contribution in [2.75, 3.05) is 13.2 Å². The highest BCUT2D eigenvalue weighted by molar-refractivity contribution is 7.90. The van der Waals surface area contributed by atoms with Crippen LogP contribution in [0.3, 0.4) is 0 Å². The van der Waals surface area contributed by atoms with Crippen molar-refractivity contribution in [3.63, 3.8) is 0 Å². The van der Waals surface area contributed by atoms with Gasteiger partial charge in [-0.2, -0.15) is 8.42 Å². The Morgan fingerprint density at radius 1 is 0.825 bits per heavy atom. The zero-order chi connectivity index (χ0) is 30.2. The number of carboxylic acids is 2. The molecule has 0 saturated heterocycles. The number of ether oxygens (including phenoxy) is 1. The fraction of sp³-hybridized carbons (Fsp3) is 0.556. The fourth-order valence-corrected chi connectivity index (χ4v) is 4.13. The number of carboxylic acid groups (broad SMARTS) is 2. The minimum Gasteiger partial charge on any atom is -0.494 e. The minimum atomic E-state index is -3.95. The minimum absolute atomic E-state index is 0.0203. The number of sulfonamides is 1. The van der Waals surface area contributed by atoms with Gasteiger partial charge in [0.05, 0.1) is 11.5 Å². The highest BCUT2D eigenvalue weighted by Gasteiger charge is 2.14. The first kappa shape index (κ1) is 36.4. The van der Waals surface area contributed by atoms with Crippen molar-refractivity contribution in [3.8, 4) is 5.75 Å². The van der Waals surface area contributed by atoms with Crippen molar-refractivity contribution in [1.29, 1.82) is 0 Å². The van der Waals surface area contributed by atoms with Gasteiger partial charge in [-0.15, -0.1) is 4.40 Å². The Hall–Kier alpha value is -3.61. The van der Waals surface area contributed by atoms with Gasteiger partial charge < -0.3 is 26.4 Å². The van der Waals surface area contributed by atoms with Gasteiger partial charge in [0, 0.05) is 18.7 Å². The van der Waals surface area contributed by atoms with Crippen molar-refractivity contribution in [1.82, 2.24) is 5.32 Å². The highest BCUT2D eigenvalue weighted by Crippen LogP contribution is 2.18. The van der Waals surface area contributed by atoms with Crippen LogP contribution in [0, 0.1) is 0 Å². The second-order valence-electron chi connectivity index (χ2n) is 8.86. The Morgan fingerprint density at radius 3 is 1.80 bits per heavy atom. The summed E-state index contributed by atoms with van der Waals surface area (Å²) in [7, 11) is -3.95. The smallest absolute Gasteiger partial charge is 0.328 e. The maximum Gasteiger partial charge on any atom is 0.328 e. The summed E-state index contributed by atoms with van der Waals surface area (Å²) >= 11 is 0. The average molecular weight is 584 g/mol. The quantitative estimate of drug-likeness (QED) is 0.0725. The normalized spacial score (nSPS) is 12.1. The van der Waals surface area contributed by atoms with E-state index in [4.69, 9.17) is 26.4 Å². The Morgan fingerprint density at radius 2 is 1.32 bits per heavy atom. The molecule has 0 saturated carbocycles.